The Morgan fingerprint density at radius 1 is 1.39 bits per heavy atom. The van der Waals surface area contributed by atoms with E-state index in [-0.39, 0.29) is 17.9 Å². The predicted octanol–water partition coefficient (Wildman–Crippen LogP) is 2.60. The molecule has 2 fully saturated rings. The lowest BCUT2D eigenvalue weighted by molar-refractivity contribution is -0.133. The number of hydrogen-bond acceptors (Lipinski definition) is 2. The Kier molecular flexibility index (Phi) is 4.66. The first kappa shape index (κ1) is 13.9. The predicted molar refractivity (Wildman–Crippen MR) is 72.2 cm³/mol. The van der Waals surface area contributed by atoms with Gasteiger partial charge in [-0.1, -0.05) is 33.6 Å². The SMILES string of the molecule is CCC(C)[C@@H]1CCC(C)CC1C(=O)NC1COC1. The third-order valence-electron chi connectivity index (χ3n) is 4.86. The van der Waals surface area contributed by atoms with Gasteiger partial charge in [0.05, 0.1) is 19.3 Å². The molecule has 3 nitrogen and oxygen atoms in total. The zero-order valence-corrected chi connectivity index (χ0v) is 11.9. The number of ether oxygens (including phenoxy) is 1. The monoisotopic (exact) mass is 253 g/mol. The zero-order valence-electron chi connectivity index (χ0n) is 11.9. The number of carbonyl (C=O) groups is 1. The van der Waals surface area contributed by atoms with Gasteiger partial charge in [0.25, 0.3) is 0 Å². The molecule has 0 spiro atoms. The minimum absolute atomic E-state index is 0.226. The average molecular weight is 253 g/mol. The maximum atomic E-state index is 12.4. The van der Waals surface area contributed by atoms with Crippen molar-refractivity contribution in [3.63, 3.8) is 0 Å². The molecule has 2 rings (SSSR count). The van der Waals surface area contributed by atoms with Gasteiger partial charge in [0.1, 0.15) is 0 Å². The molecule has 2 aliphatic rings. The van der Waals surface area contributed by atoms with Crippen molar-refractivity contribution in [3.05, 3.63) is 0 Å². The quantitative estimate of drug-likeness (QED) is 0.836. The van der Waals surface area contributed by atoms with Crippen LogP contribution in [0.25, 0.3) is 0 Å². The summed E-state index contributed by atoms with van der Waals surface area (Å²) in [6.07, 6.45) is 4.74. The molecule has 1 aliphatic carbocycles. The van der Waals surface area contributed by atoms with E-state index in [0.717, 1.165) is 6.42 Å². The lowest BCUT2D eigenvalue weighted by Crippen LogP contribution is -2.52. The highest BCUT2D eigenvalue weighted by Crippen LogP contribution is 2.39. The molecule has 4 atom stereocenters. The van der Waals surface area contributed by atoms with Gasteiger partial charge < -0.3 is 10.1 Å². The summed E-state index contributed by atoms with van der Waals surface area (Å²) >= 11 is 0. The van der Waals surface area contributed by atoms with Crippen molar-refractivity contribution in [1.82, 2.24) is 5.32 Å². The Hall–Kier alpha value is -0.570. The van der Waals surface area contributed by atoms with Crippen LogP contribution in [0.2, 0.25) is 0 Å². The van der Waals surface area contributed by atoms with Crippen LogP contribution >= 0.6 is 0 Å². The molecule has 0 aromatic carbocycles. The van der Waals surface area contributed by atoms with Gasteiger partial charge in [-0.3, -0.25) is 4.79 Å². The van der Waals surface area contributed by atoms with E-state index in [1.54, 1.807) is 0 Å². The van der Waals surface area contributed by atoms with Crippen LogP contribution in [0.5, 0.6) is 0 Å². The molecule has 1 aliphatic heterocycles. The fourth-order valence-electron chi connectivity index (χ4n) is 3.32. The fourth-order valence-corrected chi connectivity index (χ4v) is 3.32. The summed E-state index contributed by atoms with van der Waals surface area (Å²) in [5.41, 5.74) is 0. The van der Waals surface area contributed by atoms with E-state index < -0.39 is 0 Å². The summed E-state index contributed by atoms with van der Waals surface area (Å²) in [6, 6.07) is 0.271. The van der Waals surface area contributed by atoms with Crippen molar-refractivity contribution in [2.24, 2.45) is 23.7 Å². The number of hydrogen-bond donors (Lipinski definition) is 1. The Morgan fingerprint density at radius 3 is 2.67 bits per heavy atom. The van der Waals surface area contributed by atoms with Crippen LogP contribution in [0, 0.1) is 23.7 Å². The van der Waals surface area contributed by atoms with Gasteiger partial charge in [0, 0.05) is 5.92 Å². The maximum absolute atomic E-state index is 12.4. The molecule has 1 saturated carbocycles. The molecule has 1 saturated heterocycles. The highest BCUT2D eigenvalue weighted by Gasteiger charge is 2.37. The maximum Gasteiger partial charge on any atom is 0.223 e. The first-order chi connectivity index (χ1) is 8.61. The summed E-state index contributed by atoms with van der Waals surface area (Å²) in [5, 5.41) is 3.15. The second-order valence-corrected chi connectivity index (χ2v) is 6.32. The number of carbonyl (C=O) groups excluding carboxylic acids is 1. The molecule has 3 heteroatoms. The van der Waals surface area contributed by atoms with Gasteiger partial charge >= 0.3 is 0 Å². The minimum Gasteiger partial charge on any atom is -0.377 e. The summed E-state index contributed by atoms with van der Waals surface area (Å²) in [4.78, 5) is 12.4. The second-order valence-electron chi connectivity index (χ2n) is 6.32. The van der Waals surface area contributed by atoms with Crippen molar-refractivity contribution < 1.29 is 9.53 Å². The van der Waals surface area contributed by atoms with Crippen LogP contribution in [-0.4, -0.2) is 25.2 Å². The highest BCUT2D eigenvalue weighted by atomic mass is 16.5. The van der Waals surface area contributed by atoms with Gasteiger partial charge in [-0.15, -0.1) is 0 Å². The standard InChI is InChI=1S/C15H27NO2/c1-4-11(3)13-6-5-10(2)7-14(13)15(17)16-12-8-18-9-12/h10-14H,4-9H2,1-3H3,(H,16,17)/t10?,11?,13-,14?/m0/s1. The fraction of sp³-hybridized carbons (Fsp3) is 0.933. The molecule has 104 valence electrons. The van der Waals surface area contributed by atoms with Crippen LogP contribution in [-0.2, 0) is 9.53 Å². The normalized spacial score (nSPS) is 34.7. The van der Waals surface area contributed by atoms with Crippen molar-refractivity contribution in [1.29, 1.82) is 0 Å². The van der Waals surface area contributed by atoms with Crippen LogP contribution in [0.15, 0.2) is 0 Å². The molecule has 0 bridgehead atoms. The topological polar surface area (TPSA) is 38.3 Å². The zero-order chi connectivity index (χ0) is 13.1. The van der Waals surface area contributed by atoms with Crippen LogP contribution in [0.1, 0.15) is 46.5 Å². The van der Waals surface area contributed by atoms with E-state index in [4.69, 9.17) is 4.74 Å². The molecule has 3 unspecified atom stereocenters. The van der Waals surface area contributed by atoms with Gasteiger partial charge in [0.15, 0.2) is 0 Å². The van der Waals surface area contributed by atoms with E-state index in [2.05, 4.69) is 26.1 Å². The Labute approximate surface area is 111 Å². The van der Waals surface area contributed by atoms with Crippen LogP contribution < -0.4 is 5.32 Å². The molecule has 0 aromatic heterocycles. The molecule has 1 N–H and O–H groups in total. The third kappa shape index (κ3) is 3.05. The smallest absolute Gasteiger partial charge is 0.223 e. The molecule has 1 heterocycles. The van der Waals surface area contributed by atoms with Crippen LogP contribution in [0.3, 0.4) is 0 Å². The van der Waals surface area contributed by atoms with Gasteiger partial charge in [-0.25, -0.2) is 0 Å². The number of amides is 1. The molecule has 18 heavy (non-hydrogen) atoms. The minimum atomic E-state index is 0.226. The molecule has 1 amide bonds. The Balaban J connectivity index is 1.96. The van der Waals surface area contributed by atoms with E-state index in [1.165, 1.54) is 19.3 Å². The number of rotatable bonds is 4. The van der Waals surface area contributed by atoms with E-state index in [9.17, 15) is 4.79 Å². The molecular weight excluding hydrogens is 226 g/mol. The number of nitrogens with one attached hydrogen (secondary N) is 1. The molecular formula is C15H27NO2. The summed E-state index contributed by atoms with van der Waals surface area (Å²) < 4.78 is 5.12. The Bertz CT molecular complexity index is 288. The Morgan fingerprint density at radius 2 is 2.11 bits per heavy atom. The van der Waals surface area contributed by atoms with E-state index in [0.29, 0.717) is 31.0 Å². The summed E-state index contributed by atoms with van der Waals surface area (Å²) in [5.74, 6) is 2.43. The van der Waals surface area contributed by atoms with Gasteiger partial charge in [-0.05, 0) is 30.6 Å². The first-order valence-corrected chi connectivity index (χ1v) is 7.50. The van der Waals surface area contributed by atoms with Crippen molar-refractivity contribution in [2.75, 3.05) is 13.2 Å². The van der Waals surface area contributed by atoms with Gasteiger partial charge in [0.2, 0.25) is 5.91 Å². The lowest BCUT2D eigenvalue weighted by atomic mass is 9.68. The van der Waals surface area contributed by atoms with Gasteiger partial charge in [-0.2, -0.15) is 0 Å². The van der Waals surface area contributed by atoms with E-state index >= 15 is 0 Å². The van der Waals surface area contributed by atoms with Crippen molar-refractivity contribution >= 4 is 5.91 Å². The molecule has 0 aromatic rings. The lowest BCUT2D eigenvalue weighted by Gasteiger charge is -2.38. The highest BCUT2D eigenvalue weighted by molar-refractivity contribution is 5.79. The average Bonchev–Trinajstić information content (AvgIpc) is 2.32. The summed E-state index contributed by atoms with van der Waals surface area (Å²) in [6.45, 7) is 8.20. The van der Waals surface area contributed by atoms with Crippen molar-refractivity contribution in [3.8, 4) is 0 Å². The first-order valence-electron chi connectivity index (χ1n) is 7.50. The molecule has 0 radical (unpaired) electrons. The van der Waals surface area contributed by atoms with Crippen LogP contribution in [0.4, 0.5) is 0 Å². The largest absolute Gasteiger partial charge is 0.377 e. The van der Waals surface area contributed by atoms with Crippen molar-refractivity contribution in [2.45, 2.75) is 52.5 Å². The third-order valence-corrected chi connectivity index (χ3v) is 4.86. The summed E-state index contributed by atoms with van der Waals surface area (Å²) in [7, 11) is 0. The van der Waals surface area contributed by atoms with E-state index in [1.807, 2.05) is 0 Å². The second kappa shape index (κ2) is 6.05.